The van der Waals surface area contributed by atoms with Crippen molar-refractivity contribution < 1.29 is 0 Å². The highest BCUT2D eigenvalue weighted by molar-refractivity contribution is 6.34. The van der Waals surface area contributed by atoms with Gasteiger partial charge in [0.2, 0.25) is 0 Å². The van der Waals surface area contributed by atoms with Crippen LogP contribution in [0.1, 0.15) is 18.5 Å². The predicted octanol–water partition coefficient (Wildman–Crippen LogP) is 3.01. The molecular formula is C8H9Cl2N. The van der Waals surface area contributed by atoms with Crippen molar-refractivity contribution >= 4 is 23.2 Å². The number of hydrogen-bond acceptors (Lipinski definition) is 1. The number of benzene rings is 1. The van der Waals surface area contributed by atoms with Gasteiger partial charge in [0.15, 0.2) is 0 Å². The fourth-order valence-electron chi connectivity index (χ4n) is 0.838. The molecule has 3 heteroatoms. The molecule has 1 aromatic rings. The van der Waals surface area contributed by atoms with Gasteiger partial charge in [0.25, 0.3) is 0 Å². The molecule has 0 bridgehead atoms. The molecule has 0 aliphatic carbocycles. The molecule has 0 aliphatic rings. The zero-order valence-electron chi connectivity index (χ0n) is 6.14. The molecule has 0 heterocycles. The van der Waals surface area contributed by atoms with E-state index in [9.17, 15) is 0 Å². The third kappa shape index (κ3) is 2.37. The fraction of sp³-hybridized carbons (Fsp3) is 0.250. The lowest BCUT2D eigenvalue weighted by Crippen LogP contribution is -2.04. The van der Waals surface area contributed by atoms with Crippen LogP contribution in [0, 0.1) is 0 Å². The van der Waals surface area contributed by atoms with E-state index in [1.165, 1.54) is 0 Å². The zero-order chi connectivity index (χ0) is 8.43. The molecule has 0 aromatic heterocycles. The average molecular weight is 190 g/mol. The van der Waals surface area contributed by atoms with E-state index in [-0.39, 0.29) is 6.04 Å². The van der Waals surface area contributed by atoms with Crippen LogP contribution in [0.3, 0.4) is 0 Å². The van der Waals surface area contributed by atoms with Crippen LogP contribution >= 0.6 is 23.2 Å². The first-order chi connectivity index (χ1) is 5.09. The number of rotatable bonds is 1. The summed E-state index contributed by atoms with van der Waals surface area (Å²) in [5.74, 6) is 0. The van der Waals surface area contributed by atoms with Crippen molar-refractivity contribution in [3.63, 3.8) is 0 Å². The van der Waals surface area contributed by atoms with E-state index in [2.05, 4.69) is 0 Å². The molecule has 0 aliphatic heterocycles. The van der Waals surface area contributed by atoms with E-state index in [0.29, 0.717) is 10.0 Å². The molecule has 11 heavy (non-hydrogen) atoms. The molecule has 0 amide bonds. The molecule has 0 fully saturated rings. The van der Waals surface area contributed by atoms with Crippen LogP contribution in [0.2, 0.25) is 10.0 Å². The Morgan fingerprint density at radius 3 is 2.00 bits per heavy atom. The van der Waals surface area contributed by atoms with Crippen LogP contribution in [-0.2, 0) is 0 Å². The summed E-state index contributed by atoms with van der Waals surface area (Å²) in [5.41, 5.74) is 6.59. The molecule has 0 saturated carbocycles. The molecular weight excluding hydrogens is 181 g/mol. The Bertz CT molecular complexity index is 238. The van der Waals surface area contributed by atoms with Crippen molar-refractivity contribution in [3.8, 4) is 0 Å². The summed E-state index contributed by atoms with van der Waals surface area (Å²) in [6, 6.07) is 5.30. The third-order valence-electron chi connectivity index (χ3n) is 1.41. The highest BCUT2D eigenvalue weighted by atomic mass is 35.5. The van der Waals surface area contributed by atoms with Crippen LogP contribution in [0.4, 0.5) is 0 Å². The van der Waals surface area contributed by atoms with Gasteiger partial charge in [-0.05, 0) is 30.7 Å². The molecule has 1 atom stereocenters. The lowest BCUT2D eigenvalue weighted by atomic mass is 10.1. The van der Waals surface area contributed by atoms with Gasteiger partial charge in [-0.3, -0.25) is 0 Å². The van der Waals surface area contributed by atoms with E-state index in [4.69, 9.17) is 28.9 Å². The molecule has 1 nitrogen and oxygen atoms in total. The van der Waals surface area contributed by atoms with Gasteiger partial charge in [-0.2, -0.15) is 0 Å². The second-order valence-electron chi connectivity index (χ2n) is 2.49. The summed E-state index contributed by atoms with van der Waals surface area (Å²) >= 11 is 11.5. The number of halogens is 2. The molecule has 1 aromatic carbocycles. The second kappa shape index (κ2) is 3.44. The second-order valence-corrected chi connectivity index (χ2v) is 3.36. The fourth-order valence-corrected chi connectivity index (χ4v) is 1.38. The van der Waals surface area contributed by atoms with E-state index in [1.54, 1.807) is 6.07 Å². The molecule has 0 saturated heterocycles. The summed E-state index contributed by atoms with van der Waals surface area (Å²) in [6.45, 7) is 1.89. The van der Waals surface area contributed by atoms with Gasteiger partial charge in [0.05, 0.1) is 0 Å². The SMILES string of the molecule is C[C@H](N)c1cc(Cl)cc(Cl)c1. The van der Waals surface area contributed by atoms with E-state index in [1.807, 2.05) is 19.1 Å². The smallest absolute Gasteiger partial charge is 0.0424 e. The van der Waals surface area contributed by atoms with E-state index in [0.717, 1.165) is 5.56 Å². The molecule has 2 N–H and O–H groups in total. The standard InChI is InChI=1S/C8H9Cl2N/c1-5(11)6-2-7(9)4-8(10)3-6/h2-5H,11H2,1H3/t5-/m0/s1. The Labute approximate surface area is 76.1 Å². The normalized spacial score (nSPS) is 13.1. The highest BCUT2D eigenvalue weighted by Gasteiger charge is 2.01. The monoisotopic (exact) mass is 189 g/mol. The predicted molar refractivity (Wildman–Crippen MR) is 49.1 cm³/mol. The van der Waals surface area contributed by atoms with Crippen LogP contribution in [-0.4, -0.2) is 0 Å². The Balaban J connectivity index is 3.08. The van der Waals surface area contributed by atoms with Crippen molar-refractivity contribution in [2.24, 2.45) is 5.73 Å². The minimum absolute atomic E-state index is 0.0220. The maximum Gasteiger partial charge on any atom is 0.0424 e. The van der Waals surface area contributed by atoms with Crippen LogP contribution < -0.4 is 5.73 Å². The summed E-state index contributed by atoms with van der Waals surface area (Å²) < 4.78 is 0. The molecule has 1 rings (SSSR count). The van der Waals surface area contributed by atoms with Crippen molar-refractivity contribution in [1.82, 2.24) is 0 Å². The van der Waals surface area contributed by atoms with Gasteiger partial charge >= 0.3 is 0 Å². The van der Waals surface area contributed by atoms with Gasteiger partial charge in [-0.1, -0.05) is 23.2 Å². The van der Waals surface area contributed by atoms with Crippen molar-refractivity contribution in [3.05, 3.63) is 33.8 Å². The minimum Gasteiger partial charge on any atom is -0.324 e. The molecule has 0 radical (unpaired) electrons. The number of hydrogen-bond donors (Lipinski definition) is 1. The van der Waals surface area contributed by atoms with E-state index < -0.39 is 0 Å². The lowest BCUT2D eigenvalue weighted by Gasteiger charge is -2.05. The minimum atomic E-state index is -0.0220. The van der Waals surface area contributed by atoms with Gasteiger partial charge in [-0.25, -0.2) is 0 Å². The summed E-state index contributed by atoms with van der Waals surface area (Å²) in [7, 11) is 0. The first kappa shape index (κ1) is 8.85. The zero-order valence-corrected chi connectivity index (χ0v) is 7.65. The van der Waals surface area contributed by atoms with Gasteiger partial charge in [-0.15, -0.1) is 0 Å². The van der Waals surface area contributed by atoms with Crippen LogP contribution in [0.15, 0.2) is 18.2 Å². The highest BCUT2D eigenvalue weighted by Crippen LogP contribution is 2.21. The van der Waals surface area contributed by atoms with Crippen molar-refractivity contribution in [2.75, 3.05) is 0 Å². The molecule has 60 valence electrons. The maximum atomic E-state index is 5.75. The van der Waals surface area contributed by atoms with Gasteiger partial charge in [0.1, 0.15) is 0 Å². The van der Waals surface area contributed by atoms with Crippen molar-refractivity contribution in [2.45, 2.75) is 13.0 Å². The molecule has 0 spiro atoms. The maximum absolute atomic E-state index is 5.75. The first-order valence-electron chi connectivity index (χ1n) is 3.31. The Morgan fingerprint density at radius 2 is 1.64 bits per heavy atom. The van der Waals surface area contributed by atoms with Crippen LogP contribution in [0.5, 0.6) is 0 Å². The van der Waals surface area contributed by atoms with Crippen LogP contribution in [0.25, 0.3) is 0 Å². The Morgan fingerprint density at radius 1 is 1.18 bits per heavy atom. The largest absolute Gasteiger partial charge is 0.324 e. The molecule has 0 unspecified atom stereocenters. The summed E-state index contributed by atoms with van der Waals surface area (Å²) in [6.07, 6.45) is 0. The Hall–Kier alpha value is -0.240. The Kier molecular flexibility index (Phi) is 2.77. The van der Waals surface area contributed by atoms with Crippen molar-refractivity contribution in [1.29, 1.82) is 0 Å². The first-order valence-corrected chi connectivity index (χ1v) is 4.07. The van der Waals surface area contributed by atoms with Gasteiger partial charge in [0, 0.05) is 16.1 Å². The number of nitrogens with two attached hydrogens (primary N) is 1. The topological polar surface area (TPSA) is 26.0 Å². The van der Waals surface area contributed by atoms with Gasteiger partial charge < -0.3 is 5.73 Å². The average Bonchev–Trinajstić information content (AvgIpc) is 1.85. The summed E-state index contributed by atoms with van der Waals surface area (Å²) in [5, 5.41) is 1.26. The quantitative estimate of drug-likeness (QED) is 0.723. The third-order valence-corrected chi connectivity index (χ3v) is 1.85. The van der Waals surface area contributed by atoms with E-state index >= 15 is 0 Å². The summed E-state index contributed by atoms with van der Waals surface area (Å²) in [4.78, 5) is 0. The lowest BCUT2D eigenvalue weighted by molar-refractivity contribution is 0.818.